The van der Waals surface area contributed by atoms with Crippen LogP contribution in [0.5, 0.6) is 0 Å². The zero-order chi connectivity index (χ0) is 14.8. The van der Waals surface area contributed by atoms with E-state index in [0.29, 0.717) is 43.9 Å². The van der Waals surface area contributed by atoms with Gasteiger partial charge in [0.1, 0.15) is 0 Å². The lowest BCUT2D eigenvalue weighted by Crippen LogP contribution is -2.34. The molecule has 0 aromatic carbocycles. The molecule has 1 aromatic rings. The Morgan fingerprint density at radius 3 is 2.60 bits per heavy atom. The van der Waals surface area contributed by atoms with Crippen molar-refractivity contribution in [2.45, 2.75) is 12.6 Å². The monoisotopic (exact) mass is 306 g/mol. The fourth-order valence-corrected chi connectivity index (χ4v) is 2.68. The van der Waals surface area contributed by atoms with Crippen molar-refractivity contribution in [2.24, 2.45) is 0 Å². The fraction of sp³-hybridized carbons (Fsp3) is 0.545. The van der Waals surface area contributed by atoms with E-state index in [-0.39, 0.29) is 11.0 Å². The van der Waals surface area contributed by atoms with Crippen LogP contribution in [-0.4, -0.2) is 47.2 Å². The minimum absolute atomic E-state index is 0.167. The molecule has 2 heterocycles. The van der Waals surface area contributed by atoms with Gasteiger partial charge in [-0.05, 0) is 12.5 Å². The van der Waals surface area contributed by atoms with Gasteiger partial charge in [-0.15, -0.1) is 10.2 Å². The van der Waals surface area contributed by atoms with Crippen LogP contribution in [-0.2, 0) is 11.0 Å². The second kappa shape index (κ2) is 5.78. The van der Waals surface area contributed by atoms with E-state index in [2.05, 4.69) is 16.8 Å². The highest BCUT2D eigenvalue weighted by Gasteiger charge is 2.36. The molecule has 2 rings (SSSR count). The van der Waals surface area contributed by atoms with Crippen molar-refractivity contribution < 1.29 is 18.0 Å². The summed E-state index contributed by atoms with van der Waals surface area (Å²) in [6.45, 7) is 5.41. The van der Waals surface area contributed by atoms with Crippen LogP contribution in [0.25, 0.3) is 0 Å². The SMILES string of the molecule is C=CC(=O)N1CCCN(c2nnc(C(F)(F)F)s2)CC1. The zero-order valence-electron chi connectivity index (χ0n) is 10.6. The van der Waals surface area contributed by atoms with E-state index < -0.39 is 11.2 Å². The van der Waals surface area contributed by atoms with E-state index in [1.165, 1.54) is 6.08 Å². The van der Waals surface area contributed by atoms with Crippen LogP contribution in [0.3, 0.4) is 0 Å². The number of anilines is 1. The van der Waals surface area contributed by atoms with Crippen molar-refractivity contribution in [1.29, 1.82) is 0 Å². The molecule has 1 fully saturated rings. The van der Waals surface area contributed by atoms with Gasteiger partial charge in [-0.3, -0.25) is 4.79 Å². The Balaban J connectivity index is 2.05. The lowest BCUT2D eigenvalue weighted by Gasteiger charge is -2.20. The second-order valence-electron chi connectivity index (χ2n) is 4.26. The Morgan fingerprint density at radius 2 is 2.00 bits per heavy atom. The number of alkyl halides is 3. The number of carbonyl (C=O) groups excluding carboxylic acids is 1. The first-order valence-corrected chi connectivity index (χ1v) is 6.80. The molecule has 1 aromatic heterocycles. The number of amides is 1. The molecule has 0 N–H and O–H groups in total. The summed E-state index contributed by atoms with van der Waals surface area (Å²) >= 11 is 0.526. The largest absolute Gasteiger partial charge is 0.445 e. The van der Waals surface area contributed by atoms with Crippen LogP contribution in [0.2, 0.25) is 0 Å². The van der Waals surface area contributed by atoms with Crippen molar-refractivity contribution in [1.82, 2.24) is 15.1 Å². The molecule has 0 atom stereocenters. The highest BCUT2D eigenvalue weighted by molar-refractivity contribution is 7.15. The van der Waals surface area contributed by atoms with Crippen LogP contribution >= 0.6 is 11.3 Å². The molecule has 0 radical (unpaired) electrons. The van der Waals surface area contributed by atoms with E-state index in [4.69, 9.17) is 0 Å². The lowest BCUT2D eigenvalue weighted by molar-refractivity contribution is -0.138. The average molecular weight is 306 g/mol. The molecular formula is C11H13F3N4OS. The van der Waals surface area contributed by atoms with Crippen LogP contribution in [0.1, 0.15) is 11.4 Å². The van der Waals surface area contributed by atoms with Gasteiger partial charge in [-0.1, -0.05) is 17.9 Å². The van der Waals surface area contributed by atoms with Gasteiger partial charge in [-0.25, -0.2) is 0 Å². The molecular weight excluding hydrogens is 293 g/mol. The number of carbonyl (C=O) groups is 1. The van der Waals surface area contributed by atoms with Gasteiger partial charge in [0.25, 0.3) is 0 Å². The number of aromatic nitrogens is 2. The molecule has 0 bridgehead atoms. The minimum Gasteiger partial charge on any atom is -0.345 e. The van der Waals surface area contributed by atoms with Gasteiger partial charge in [0.2, 0.25) is 16.0 Å². The predicted octanol–water partition coefficient (Wildman–Crippen LogP) is 1.78. The number of halogens is 3. The first kappa shape index (κ1) is 14.8. The summed E-state index contributed by atoms with van der Waals surface area (Å²) < 4.78 is 37.5. The van der Waals surface area contributed by atoms with Gasteiger partial charge in [0.15, 0.2) is 0 Å². The number of rotatable bonds is 2. The Morgan fingerprint density at radius 1 is 1.25 bits per heavy atom. The van der Waals surface area contributed by atoms with Crippen LogP contribution in [0.15, 0.2) is 12.7 Å². The van der Waals surface area contributed by atoms with Crippen molar-refractivity contribution in [2.75, 3.05) is 31.1 Å². The van der Waals surface area contributed by atoms with E-state index in [1.54, 1.807) is 9.80 Å². The van der Waals surface area contributed by atoms with Gasteiger partial charge in [0.05, 0.1) is 0 Å². The number of nitrogens with zero attached hydrogens (tertiary/aromatic N) is 4. The molecule has 9 heteroatoms. The minimum atomic E-state index is -4.47. The van der Waals surface area contributed by atoms with Crippen molar-refractivity contribution in [3.63, 3.8) is 0 Å². The second-order valence-corrected chi connectivity index (χ2v) is 5.21. The standard InChI is InChI=1S/C11H13F3N4OS/c1-2-8(19)17-4-3-5-18(7-6-17)10-16-15-9(20-10)11(12,13)14/h2H,1,3-7H2. The lowest BCUT2D eigenvalue weighted by atomic mass is 10.4. The molecule has 20 heavy (non-hydrogen) atoms. The summed E-state index contributed by atoms with van der Waals surface area (Å²) in [5.74, 6) is -0.167. The molecule has 1 saturated heterocycles. The van der Waals surface area contributed by atoms with Crippen LogP contribution in [0, 0.1) is 0 Å². The molecule has 1 aliphatic heterocycles. The third kappa shape index (κ3) is 3.27. The van der Waals surface area contributed by atoms with E-state index in [0.717, 1.165) is 0 Å². The molecule has 0 saturated carbocycles. The Hall–Kier alpha value is -1.64. The first-order valence-electron chi connectivity index (χ1n) is 5.99. The van der Waals surface area contributed by atoms with E-state index in [1.807, 2.05) is 0 Å². The maximum absolute atomic E-state index is 12.5. The summed E-state index contributed by atoms with van der Waals surface area (Å²) in [5.41, 5.74) is 0. The molecule has 0 spiro atoms. The van der Waals surface area contributed by atoms with Crippen LogP contribution < -0.4 is 4.90 Å². The first-order chi connectivity index (χ1) is 9.41. The molecule has 110 valence electrons. The number of hydrogen-bond acceptors (Lipinski definition) is 5. The van der Waals surface area contributed by atoms with Crippen molar-refractivity contribution >= 4 is 22.4 Å². The summed E-state index contributed by atoms with van der Waals surface area (Å²) in [6, 6.07) is 0. The Labute approximate surface area is 117 Å². The molecule has 0 unspecified atom stereocenters. The fourth-order valence-electron chi connectivity index (χ4n) is 1.92. The van der Waals surface area contributed by atoms with Gasteiger partial charge in [0, 0.05) is 26.2 Å². The predicted molar refractivity (Wildman–Crippen MR) is 68.5 cm³/mol. The Bertz CT molecular complexity index is 502. The summed E-state index contributed by atoms with van der Waals surface area (Å²) in [5, 5.41) is 6.05. The molecule has 0 aliphatic carbocycles. The van der Waals surface area contributed by atoms with Gasteiger partial charge in [-0.2, -0.15) is 13.2 Å². The van der Waals surface area contributed by atoms with Crippen molar-refractivity contribution in [3.05, 3.63) is 17.7 Å². The molecule has 5 nitrogen and oxygen atoms in total. The zero-order valence-corrected chi connectivity index (χ0v) is 11.4. The maximum atomic E-state index is 12.5. The maximum Gasteiger partial charge on any atom is 0.445 e. The average Bonchev–Trinajstić information content (AvgIpc) is 2.77. The molecule has 1 aliphatic rings. The quantitative estimate of drug-likeness (QED) is 0.782. The third-order valence-corrected chi connectivity index (χ3v) is 3.94. The van der Waals surface area contributed by atoms with Gasteiger partial charge >= 0.3 is 6.18 Å². The van der Waals surface area contributed by atoms with E-state index >= 15 is 0 Å². The summed E-state index contributed by atoms with van der Waals surface area (Å²) in [6.07, 6.45) is -2.56. The smallest absolute Gasteiger partial charge is 0.345 e. The highest BCUT2D eigenvalue weighted by atomic mass is 32.1. The van der Waals surface area contributed by atoms with Crippen molar-refractivity contribution in [3.8, 4) is 0 Å². The Kier molecular flexibility index (Phi) is 4.26. The highest BCUT2D eigenvalue weighted by Crippen LogP contribution is 2.34. The van der Waals surface area contributed by atoms with E-state index in [9.17, 15) is 18.0 Å². The normalized spacial score (nSPS) is 16.9. The summed E-state index contributed by atoms with van der Waals surface area (Å²) in [4.78, 5) is 14.9. The molecule has 1 amide bonds. The summed E-state index contributed by atoms with van der Waals surface area (Å²) in [7, 11) is 0. The van der Waals surface area contributed by atoms with Gasteiger partial charge < -0.3 is 9.80 Å². The number of hydrogen-bond donors (Lipinski definition) is 0. The topological polar surface area (TPSA) is 49.3 Å². The third-order valence-electron chi connectivity index (χ3n) is 2.91. The van der Waals surface area contributed by atoms with Crippen LogP contribution in [0.4, 0.5) is 18.3 Å².